The van der Waals surface area contributed by atoms with E-state index in [1.54, 1.807) is 23.1 Å². The number of hydrogen-bond donors (Lipinski definition) is 2. The van der Waals surface area contributed by atoms with E-state index >= 15 is 0 Å². The highest BCUT2D eigenvalue weighted by Gasteiger charge is 2.30. The highest BCUT2D eigenvalue weighted by atomic mass is 16.5. The van der Waals surface area contributed by atoms with E-state index in [0.717, 1.165) is 38.8 Å². The van der Waals surface area contributed by atoms with Crippen molar-refractivity contribution in [2.24, 2.45) is 5.92 Å². The Hall–Kier alpha value is -2.98. The summed E-state index contributed by atoms with van der Waals surface area (Å²) in [5, 5.41) is 13.2. The number of aliphatic hydroxyl groups is 1. The largest absolute Gasteiger partial charge is 0.490 e. The molecule has 1 aliphatic heterocycles. The van der Waals surface area contributed by atoms with Gasteiger partial charge in [-0.1, -0.05) is 37.3 Å². The van der Waals surface area contributed by atoms with Crippen LogP contribution in [0.1, 0.15) is 68.8 Å². The van der Waals surface area contributed by atoms with Gasteiger partial charge in [-0.15, -0.1) is 0 Å². The Bertz CT molecular complexity index is 1160. The normalized spacial score (nSPS) is 21.0. The number of ether oxygens (including phenoxy) is 2. The van der Waals surface area contributed by atoms with Crippen LogP contribution >= 0.6 is 0 Å². The van der Waals surface area contributed by atoms with Gasteiger partial charge in [0.05, 0.1) is 30.4 Å². The number of aliphatic hydroxyl groups excluding tert-OH is 1. The van der Waals surface area contributed by atoms with Gasteiger partial charge < -0.3 is 29.7 Å². The summed E-state index contributed by atoms with van der Waals surface area (Å²) in [4.78, 5) is 33.0. The van der Waals surface area contributed by atoms with E-state index in [4.69, 9.17) is 9.47 Å². The highest BCUT2D eigenvalue weighted by molar-refractivity contribution is 5.99. The summed E-state index contributed by atoms with van der Waals surface area (Å²) in [6, 6.07) is 15.2. The monoisotopic (exact) mass is 610 g/mol. The quantitative estimate of drug-likeness (QED) is 0.374. The van der Waals surface area contributed by atoms with Gasteiger partial charge in [-0.25, -0.2) is 0 Å². The fraction of sp³-hybridized carbons (Fsp3) is 0.600. The summed E-state index contributed by atoms with van der Waals surface area (Å²) >= 11 is 0. The maximum absolute atomic E-state index is 14.3. The van der Waals surface area contributed by atoms with Crippen LogP contribution in [0.2, 0.25) is 0 Å². The summed E-state index contributed by atoms with van der Waals surface area (Å²) in [5.41, 5.74) is 2.17. The minimum Gasteiger partial charge on any atom is -0.490 e. The number of carbonyl (C=O) groups is 2. The average molecular weight is 611 g/mol. The summed E-state index contributed by atoms with van der Waals surface area (Å²) < 4.78 is 12.8. The summed E-state index contributed by atoms with van der Waals surface area (Å²) in [5.74, 6) is 0.154. The van der Waals surface area contributed by atoms with Crippen LogP contribution in [0.5, 0.6) is 5.75 Å². The molecule has 0 fully saturated rings. The molecule has 2 aromatic rings. The van der Waals surface area contributed by atoms with Gasteiger partial charge in [-0.3, -0.25) is 14.5 Å². The smallest absolute Gasteiger partial charge is 0.258 e. The van der Waals surface area contributed by atoms with Crippen LogP contribution in [-0.4, -0.2) is 104 Å². The molecule has 0 unspecified atom stereocenters. The Morgan fingerprint density at radius 1 is 1.11 bits per heavy atom. The summed E-state index contributed by atoms with van der Waals surface area (Å²) in [6.07, 6.45) is 3.61. The topological polar surface area (TPSA) is 94.6 Å². The molecular formula is C35H54N4O5. The van der Waals surface area contributed by atoms with Crippen molar-refractivity contribution in [2.45, 2.75) is 77.7 Å². The molecule has 0 radical (unpaired) electrons. The van der Waals surface area contributed by atoms with Gasteiger partial charge in [-0.2, -0.15) is 0 Å². The molecule has 2 amide bonds. The molecule has 0 saturated heterocycles. The molecule has 1 aliphatic rings. The van der Waals surface area contributed by atoms with Crippen molar-refractivity contribution in [3.05, 3.63) is 59.7 Å². The number of likely N-dealkylation sites (N-methyl/N-ethyl adjacent to an activating group) is 1. The van der Waals surface area contributed by atoms with Crippen LogP contribution in [0, 0.1) is 5.92 Å². The van der Waals surface area contributed by atoms with Gasteiger partial charge in [0.1, 0.15) is 5.75 Å². The van der Waals surface area contributed by atoms with Crippen molar-refractivity contribution in [3.63, 3.8) is 0 Å². The maximum Gasteiger partial charge on any atom is 0.258 e. The molecule has 0 bridgehead atoms. The summed E-state index contributed by atoms with van der Waals surface area (Å²) in [6.45, 7) is 9.18. The number of benzene rings is 2. The molecule has 44 heavy (non-hydrogen) atoms. The van der Waals surface area contributed by atoms with Gasteiger partial charge in [0.25, 0.3) is 5.91 Å². The first-order chi connectivity index (χ1) is 21.1. The number of fused-ring (bicyclic) bond motifs is 1. The minimum absolute atomic E-state index is 0.00279. The maximum atomic E-state index is 14.3. The van der Waals surface area contributed by atoms with Crippen molar-refractivity contribution in [1.82, 2.24) is 14.7 Å². The number of nitrogens with zero attached hydrogens (tertiary/aromatic N) is 3. The van der Waals surface area contributed by atoms with Crippen molar-refractivity contribution >= 4 is 17.5 Å². The predicted molar refractivity (Wildman–Crippen MR) is 176 cm³/mol. The lowest BCUT2D eigenvalue weighted by molar-refractivity contribution is -0.116. The minimum atomic E-state index is -0.421. The lowest BCUT2D eigenvalue weighted by atomic mass is 10.0. The molecule has 2 aromatic carbocycles. The van der Waals surface area contributed by atoms with E-state index in [1.165, 1.54) is 5.56 Å². The van der Waals surface area contributed by atoms with E-state index in [9.17, 15) is 14.7 Å². The first-order valence-electron chi connectivity index (χ1n) is 16.1. The lowest BCUT2D eigenvalue weighted by Crippen LogP contribution is -2.47. The third-order valence-electron chi connectivity index (χ3n) is 8.13. The molecule has 1 heterocycles. The molecule has 0 saturated carbocycles. The Balaban J connectivity index is 1.87. The van der Waals surface area contributed by atoms with E-state index in [2.05, 4.69) is 36.3 Å². The van der Waals surface area contributed by atoms with E-state index < -0.39 is 6.04 Å². The van der Waals surface area contributed by atoms with Gasteiger partial charge in [0.15, 0.2) is 0 Å². The molecule has 2 N–H and O–H groups in total. The van der Waals surface area contributed by atoms with Crippen molar-refractivity contribution in [2.75, 3.05) is 59.3 Å². The molecule has 0 spiro atoms. The Morgan fingerprint density at radius 3 is 2.57 bits per heavy atom. The summed E-state index contributed by atoms with van der Waals surface area (Å²) in [7, 11) is 6.06. The zero-order valence-electron chi connectivity index (χ0n) is 27.6. The molecule has 9 nitrogen and oxygen atoms in total. The third-order valence-corrected chi connectivity index (χ3v) is 8.13. The highest BCUT2D eigenvalue weighted by Crippen LogP contribution is 2.28. The van der Waals surface area contributed by atoms with Crippen LogP contribution in [0.25, 0.3) is 0 Å². The number of carbonyl (C=O) groups excluding carboxylic acids is 2. The van der Waals surface area contributed by atoms with Gasteiger partial charge in [-0.05, 0) is 91.0 Å². The van der Waals surface area contributed by atoms with Gasteiger partial charge in [0, 0.05) is 44.3 Å². The van der Waals surface area contributed by atoms with Gasteiger partial charge in [0.2, 0.25) is 5.91 Å². The first kappa shape index (κ1) is 35.5. The fourth-order valence-electron chi connectivity index (χ4n) is 5.51. The molecule has 0 aliphatic carbocycles. The van der Waals surface area contributed by atoms with Crippen LogP contribution in [0.3, 0.4) is 0 Å². The molecule has 9 heteroatoms. The second-order valence-corrected chi connectivity index (χ2v) is 12.6. The number of amides is 2. The van der Waals surface area contributed by atoms with Gasteiger partial charge >= 0.3 is 0 Å². The second-order valence-electron chi connectivity index (χ2n) is 12.6. The third kappa shape index (κ3) is 11.5. The predicted octanol–water partition coefficient (Wildman–Crippen LogP) is 4.89. The van der Waals surface area contributed by atoms with Crippen LogP contribution < -0.4 is 10.1 Å². The lowest BCUT2D eigenvalue weighted by Gasteiger charge is -2.36. The van der Waals surface area contributed by atoms with Crippen LogP contribution in [0.15, 0.2) is 48.5 Å². The molecule has 0 aromatic heterocycles. The fourth-order valence-corrected chi connectivity index (χ4v) is 5.51. The number of rotatable bonds is 11. The zero-order valence-corrected chi connectivity index (χ0v) is 27.6. The average Bonchev–Trinajstić information content (AvgIpc) is 2.98. The number of hydrogen-bond acceptors (Lipinski definition) is 7. The number of nitrogens with one attached hydrogen (secondary N) is 1. The van der Waals surface area contributed by atoms with E-state index in [-0.39, 0.29) is 36.5 Å². The van der Waals surface area contributed by atoms with Crippen molar-refractivity contribution in [3.8, 4) is 5.75 Å². The SMILES string of the molecule is C[C@@H]1CCCCO[C@@H](CN(C)Cc2ccccc2)[C@H](C)CN([C@@H](C)CO)C(=O)c2cc(NC(=O)CCCN(C)C)ccc2O1. The van der Waals surface area contributed by atoms with Crippen LogP contribution in [0.4, 0.5) is 5.69 Å². The van der Waals surface area contributed by atoms with E-state index in [0.29, 0.717) is 43.1 Å². The van der Waals surface area contributed by atoms with E-state index in [1.807, 2.05) is 51.0 Å². The first-order valence-corrected chi connectivity index (χ1v) is 16.1. The molecule has 4 atom stereocenters. The van der Waals surface area contributed by atoms with Crippen molar-refractivity contribution in [1.29, 1.82) is 0 Å². The van der Waals surface area contributed by atoms with Crippen molar-refractivity contribution < 1.29 is 24.2 Å². The molecular weight excluding hydrogens is 556 g/mol. The van der Waals surface area contributed by atoms with Crippen LogP contribution in [-0.2, 0) is 16.1 Å². The molecule has 244 valence electrons. The standard InChI is InChI=1S/C35H54N4O5/c1-26-22-39(27(2)25-40)35(42)31-21-30(36-34(41)16-12-19-37(4)5)17-18-32(31)44-28(3)13-10-11-20-43-33(26)24-38(6)23-29-14-8-7-9-15-29/h7-9,14-15,17-18,21,26-28,33,40H,10-13,16,19-20,22-25H2,1-6H3,(H,36,41)/t26-,27+,28-,33+/m1/s1. The number of anilines is 1. The zero-order chi connectivity index (χ0) is 32.1. The Labute approximate surface area is 264 Å². The second kappa shape index (κ2) is 18.1. The molecule has 3 rings (SSSR count). The Kier molecular flexibility index (Phi) is 14.6. The Morgan fingerprint density at radius 2 is 1.86 bits per heavy atom.